The molecule has 0 bridgehead atoms. The van der Waals surface area contributed by atoms with Gasteiger partial charge in [0, 0.05) is 25.5 Å². The third-order valence-corrected chi connectivity index (χ3v) is 5.30. The van der Waals surface area contributed by atoms with Crippen LogP contribution >= 0.6 is 0 Å². The highest BCUT2D eigenvalue weighted by Gasteiger charge is 2.21. The van der Waals surface area contributed by atoms with Gasteiger partial charge < -0.3 is 9.88 Å². The summed E-state index contributed by atoms with van der Waals surface area (Å²) in [5.74, 6) is 0.956. The van der Waals surface area contributed by atoms with E-state index in [9.17, 15) is 0 Å². The van der Waals surface area contributed by atoms with E-state index < -0.39 is 0 Å². The van der Waals surface area contributed by atoms with Crippen molar-refractivity contribution in [3.05, 3.63) is 59.0 Å². The number of hydrogen-bond donors (Lipinski definition) is 1. The highest BCUT2D eigenvalue weighted by molar-refractivity contribution is 5.51. The Bertz CT molecular complexity index is 882. The van der Waals surface area contributed by atoms with Crippen LogP contribution in [0.3, 0.4) is 0 Å². The number of hydrogen-bond acceptors (Lipinski definition) is 3. The van der Waals surface area contributed by atoms with Crippen LogP contribution in [0.1, 0.15) is 48.2 Å². The lowest BCUT2D eigenvalue weighted by molar-refractivity contribution is 0.563. The van der Waals surface area contributed by atoms with Gasteiger partial charge in [-0.25, -0.2) is 4.98 Å². The first-order valence-electron chi connectivity index (χ1n) is 9.55. The number of imidazole rings is 1. The molecule has 0 saturated carbocycles. The van der Waals surface area contributed by atoms with E-state index in [1.54, 1.807) is 0 Å². The van der Waals surface area contributed by atoms with Crippen molar-refractivity contribution in [2.45, 2.75) is 52.7 Å². The molecule has 5 heteroatoms. The highest BCUT2D eigenvalue weighted by atomic mass is 15.3. The summed E-state index contributed by atoms with van der Waals surface area (Å²) in [5.41, 5.74) is 6.21. The molecule has 3 heterocycles. The molecule has 0 amide bonds. The maximum atomic E-state index is 4.85. The Morgan fingerprint density at radius 3 is 2.92 bits per heavy atom. The molecule has 1 aliphatic heterocycles. The van der Waals surface area contributed by atoms with Gasteiger partial charge in [-0.2, -0.15) is 5.10 Å². The van der Waals surface area contributed by atoms with Gasteiger partial charge in [0.05, 0.1) is 11.7 Å². The number of aromatic nitrogens is 4. The van der Waals surface area contributed by atoms with Gasteiger partial charge >= 0.3 is 0 Å². The first-order valence-corrected chi connectivity index (χ1v) is 9.55. The molecule has 2 aromatic heterocycles. The largest absolute Gasteiger partial charge is 0.322 e. The fourth-order valence-electron chi connectivity index (χ4n) is 4.00. The molecule has 3 aromatic rings. The maximum absolute atomic E-state index is 4.85. The zero-order chi connectivity index (χ0) is 18.1. The van der Waals surface area contributed by atoms with Gasteiger partial charge in [0.25, 0.3) is 0 Å². The Morgan fingerprint density at radius 2 is 2.12 bits per heavy atom. The monoisotopic (exact) mass is 349 g/mol. The van der Waals surface area contributed by atoms with E-state index in [1.165, 1.54) is 22.4 Å². The van der Waals surface area contributed by atoms with Crippen LogP contribution in [0.15, 0.2) is 36.7 Å². The summed E-state index contributed by atoms with van der Waals surface area (Å²) in [5, 5.41) is 8.32. The highest BCUT2D eigenvalue weighted by Crippen LogP contribution is 2.30. The molecule has 0 saturated heterocycles. The molecule has 136 valence electrons. The van der Waals surface area contributed by atoms with Crippen LogP contribution < -0.4 is 5.32 Å². The molecule has 26 heavy (non-hydrogen) atoms. The lowest BCUT2D eigenvalue weighted by atomic mass is 9.97. The van der Waals surface area contributed by atoms with Crippen LogP contribution in [0.5, 0.6) is 0 Å². The number of nitrogens with one attached hydrogen (secondary N) is 1. The summed E-state index contributed by atoms with van der Waals surface area (Å²) < 4.78 is 4.42. The number of nitrogens with zero attached hydrogens (tertiary/aromatic N) is 4. The summed E-state index contributed by atoms with van der Waals surface area (Å²) in [4.78, 5) is 4.66. The van der Waals surface area contributed by atoms with E-state index in [2.05, 4.69) is 70.8 Å². The molecule has 0 aliphatic carbocycles. The minimum absolute atomic E-state index is 0.271. The summed E-state index contributed by atoms with van der Waals surface area (Å²) >= 11 is 0. The van der Waals surface area contributed by atoms with Crippen molar-refractivity contribution in [2.75, 3.05) is 6.54 Å². The summed E-state index contributed by atoms with van der Waals surface area (Å²) in [6.45, 7) is 9.48. The fourth-order valence-corrected chi connectivity index (χ4v) is 4.00. The Morgan fingerprint density at radius 1 is 1.23 bits per heavy atom. The Hall–Kier alpha value is -2.40. The molecule has 1 N–H and O–H groups in total. The Balaban J connectivity index is 1.74. The van der Waals surface area contributed by atoms with Gasteiger partial charge in [-0.15, -0.1) is 0 Å². The lowest BCUT2D eigenvalue weighted by Gasteiger charge is -2.21. The predicted molar refractivity (Wildman–Crippen MR) is 104 cm³/mol. The van der Waals surface area contributed by atoms with Crippen molar-refractivity contribution in [1.29, 1.82) is 0 Å². The van der Waals surface area contributed by atoms with Crippen LogP contribution in [0.25, 0.3) is 11.5 Å². The first kappa shape index (κ1) is 17.0. The van der Waals surface area contributed by atoms with Crippen molar-refractivity contribution in [2.24, 2.45) is 0 Å². The number of benzene rings is 1. The van der Waals surface area contributed by atoms with Gasteiger partial charge in [-0.3, -0.25) is 4.68 Å². The molecule has 0 unspecified atom stereocenters. The Kier molecular flexibility index (Phi) is 4.64. The van der Waals surface area contributed by atoms with Crippen molar-refractivity contribution in [3.8, 4) is 11.5 Å². The van der Waals surface area contributed by atoms with Crippen LogP contribution in [0.2, 0.25) is 0 Å². The molecule has 1 atom stereocenters. The normalized spacial score (nSPS) is 15.5. The summed E-state index contributed by atoms with van der Waals surface area (Å²) in [6.07, 6.45) is 6.11. The number of rotatable bonds is 4. The van der Waals surface area contributed by atoms with E-state index in [0.29, 0.717) is 0 Å². The van der Waals surface area contributed by atoms with Crippen LogP contribution in [0, 0.1) is 13.8 Å². The van der Waals surface area contributed by atoms with Gasteiger partial charge in [0.2, 0.25) is 0 Å². The van der Waals surface area contributed by atoms with E-state index in [1.807, 2.05) is 6.20 Å². The minimum Gasteiger partial charge on any atom is -0.322 e. The second kappa shape index (κ2) is 7.08. The van der Waals surface area contributed by atoms with Crippen LogP contribution in [0.4, 0.5) is 0 Å². The molecule has 5 nitrogen and oxygen atoms in total. The second-order valence-corrected chi connectivity index (χ2v) is 7.22. The van der Waals surface area contributed by atoms with Crippen molar-refractivity contribution in [1.82, 2.24) is 24.6 Å². The average Bonchev–Trinajstić information content (AvgIpc) is 3.20. The van der Waals surface area contributed by atoms with Gasteiger partial charge in [0.15, 0.2) is 5.82 Å². The molecule has 0 fully saturated rings. The summed E-state index contributed by atoms with van der Waals surface area (Å²) in [6, 6.07) is 9.18. The van der Waals surface area contributed by atoms with E-state index in [-0.39, 0.29) is 6.04 Å². The van der Waals surface area contributed by atoms with Gasteiger partial charge in [0.1, 0.15) is 5.69 Å². The second-order valence-electron chi connectivity index (χ2n) is 7.22. The van der Waals surface area contributed by atoms with Crippen molar-refractivity contribution >= 4 is 0 Å². The average molecular weight is 349 g/mol. The predicted octanol–water partition coefficient (Wildman–Crippen LogP) is 3.86. The first-order chi connectivity index (χ1) is 12.7. The maximum Gasteiger partial charge on any atom is 0.161 e. The van der Waals surface area contributed by atoms with E-state index >= 15 is 0 Å². The molecule has 1 aromatic carbocycles. The SMILES string of the molecule is CC[C@H](c1ccc(C)cc1C)n1ccnc1-c1cc2n(n1)CCCNC2. The number of aryl methyl sites for hydroxylation is 3. The summed E-state index contributed by atoms with van der Waals surface area (Å²) in [7, 11) is 0. The zero-order valence-electron chi connectivity index (χ0n) is 15.9. The topological polar surface area (TPSA) is 47.7 Å². The minimum atomic E-state index is 0.271. The standard InChI is InChI=1S/C21H27N5/c1-4-20(18-7-6-15(2)12-16(18)3)25-11-9-23-21(25)19-13-17-14-22-8-5-10-26(17)24-19/h6-7,9,11-13,20,22H,4-5,8,10,14H2,1-3H3/t20-/m1/s1. The third kappa shape index (κ3) is 3.07. The zero-order valence-corrected chi connectivity index (χ0v) is 15.9. The lowest BCUT2D eigenvalue weighted by Crippen LogP contribution is -2.12. The molecular formula is C21H27N5. The van der Waals surface area contributed by atoms with Crippen molar-refractivity contribution < 1.29 is 0 Å². The van der Waals surface area contributed by atoms with E-state index in [4.69, 9.17) is 5.10 Å². The molecular weight excluding hydrogens is 322 g/mol. The molecule has 0 spiro atoms. The van der Waals surface area contributed by atoms with Crippen LogP contribution in [-0.4, -0.2) is 25.9 Å². The van der Waals surface area contributed by atoms with Crippen molar-refractivity contribution in [3.63, 3.8) is 0 Å². The fraction of sp³-hybridized carbons (Fsp3) is 0.429. The molecule has 4 rings (SSSR count). The quantitative estimate of drug-likeness (QED) is 0.778. The number of fused-ring (bicyclic) bond motifs is 1. The molecule has 0 radical (unpaired) electrons. The Labute approximate surface area is 155 Å². The van der Waals surface area contributed by atoms with Gasteiger partial charge in [-0.1, -0.05) is 30.7 Å². The van der Waals surface area contributed by atoms with E-state index in [0.717, 1.165) is 44.0 Å². The smallest absolute Gasteiger partial charge is 0.161 e. The third-order valence-electron chi connectivity index (χ3n) is 5.30. The van der Waals surface area contributed by atoms with Gasteiger partial charge in [-0.05, 0) is 50.4 Å². The molecule has 1 aliphatic rings. The van der Waals surface area contributed by atoms with Crippen LogP contribution in [-0.2, 0) is 13.1 Å².